The molecule has 0 fully saturated rings. The standard InChI is InChI=1S/C18H19NO4/c1-3-22-17(20)11-16-15(18(21)23-4-2)10-14(12-19-16)13-8-6-5-7-9-13/h5-10,12H,3-4,11H2,1-2H3. The molecule has 0 bridgehead atoms. The first-order valence-corrected chi connectivity index (χ1v) is 7.52. The van der Waals surface area contributed by atoms with Gasteiger partial charge in [0, 0.05) is 11.8 Å². The van der Waals surface area contributed by atoms with Gasteiger partial charge in [0.25, 0.3) is 0 Å². The molecule has 1 aromatic carbocycles. The lowest BCUT2D eigenvalue weighted by Gasteiger charge is -2.10. The molecule has 1 aromatic heterocycles. The first-order chi connectivity index (χ1) is 11.2. The predicted molar refractivity (Wildman–Crippen MR) is 86.0 cm³/mol. The third kappa shape index (κ3) is 4.39. The van der Waals surface area contributed by atoms with Crippen molar-refractivity contribution in [3.8, 4) is 11.1 Å². The number of hydrogen-bond acceptors (Lipinski definition) is 5. The molecule has 1 heterocycles. The predicted octanol–water partition coefficient (Wildman–Crippen LogP) is 3.03. The Kier molecular flexibility index (Phi) is 5.86. The number of pyridine rings is 1. The van der Waals surface area contributed by atoms with Gasteiger partial charge in [0.05, 0.1) is 30.9 Å². The molecule has 120 valence electrons. The van der Waals surface area contributed by atoms with Crippen LogP contribution in [-0.2, 0) is 20.7 Å². The topological polar surface area (TPSA) is 65.5 Å². The van der Waals surface area contributed by atoms with Crippen LogP contribution < -0.4 is 0 Å². The molecule has 0 N–H and O–H groups in total. The first kappa shape index (κ1) is 16.7. The Morgan fingerprint density at radius 2 is 1.70 bits per heavy atom. The Morgan fingerprint density at radius 3 is 2.35 bits per heavy atom. The van der Waals surface area contributed by atoms with Crippen molar-refractivity contribution < 1.29 is 19.1 Å². The molecule has 0 amide bonds. The lowest BCUT2D eigenvalue weighted by Crippen LogP contribution is -2.15. The second-order valence-electron chi connectivity index (χ2n) is 4.79. The molecule has 0 atom stereocenters. The normalized spacial score (nSPS) is 10.2. The number of rotatable bonds is 6. The summed E-state index contributed by atoms with van der Waals surface area (Å²) >= 11 is 0. The van der Waals surface area contributed by atoms with E-state index in [-0.39, 0.29) is 19.6 Å². The van der Waals surface area contributed by atoms with Crippen LogP contribution in [0, 0.1) is 0 Å². The molecule has 2 aromatic rings. The van der Waals surface area contributed by atoms with Crippen molar-refractivity contribution in [3.63, 3.8) is 0 Å². The molecule has 2 rings (SSSR count). The van der Waals surface area contributed by atoms with Gasteiger partial charge >= 0.3 is 11.9 Å². The Morgan fingerprint density at radius 1 is 1.00 bits per heavy atom. The van der Waals surface area contributed by atoms with E-state index in [1.54, 1.807) is 26.1 Å². The fourth-order valence-electron chi connectivity index (χ4n) is 2.16. The van der Waals surface area contributed by atoms with Gasteiger partial charge in [-0.3, -0.25) is 9.78 Å². The van der Waals surface area contributed by atoms with E-state index >= 15 is 0 Å². The van der Waals surface area contributed by atoms with E-state index in [9.17, 15) is 9.59 Å². The van der Waals surface area contributed by atoms with Crippen molar-refractivity contribution in [1.82, 2.24) is 4.98 Å². The van der Waals surface area contributed by atoms with E-state index in [1.807, 2.05) is 30.3 Å². The van der Waals surface area contributed by atoms with Crippen LogP contribution in [-0.4, -0.2) is 30.1 Å². The smallest absolute Gasteiger partial charge is 0.340 e. The van der Waals surface area contributed by atoms with Crippen molar-refractivity contribution in [2.45, 2.75) is 20.3 Å². The highest BCUT2D eigenvalue weighted by molar-refractivity contribution is 5.93. The molecule has 0 saturated carbocycles. The minimum Gasteiger partial charge on any atom is -0.466 e. The second kappa shape index (κ2) is 8.08. The van der Waals surface area contributed by atoms with Gasteiger partial charge in [0.1, 0.15) is 0 Å². The summed E-state index contributed by atoms with van der Waals surface area (Å²) < 4.78 is 9.99. The van der Waals surface area contributed by atoms with Crippen LogP contribution in [0.25, 0.3) is 11.1 Å². The molecular weight excluding hydrogens is 294 g/mol. The van der Waals surface area contributed by atoms with E-state index in [0.717, 1.165) is 11.1 Å². The summed E-state index contributed by atoms with van der Waals surface area (Å²) in [6, 6.07) is 11.3. The summed E-state index contributed by atoms with van der Waals surface area (Å²) in [6.45, 7) is 4.01. The number of carbonyl (C=O) groups excluding carboxylic acids is 2. The molecule has 0 aliphatic rings. The average molecular weight is 313 g/mol. The molecule has 0 saturated heterocycles. The zero-order valence-electron chi connectivity index (χ0n) is 13.2. The SMILES string of the molecule is CCOC(=O)Cc1ncc(-c2ccccc2)cc1C(=O)OCC. The lowest BCUT2D eigenvalue weighted by atomic mass is 10.0. The van der Waals surface area contributed by atoms with Crippen LogP contribution in [0.4, 0.5) is 0 Å². The van der Waals surface area contributed by atoms with Gasteiger partial charge in [0.15, 0.2) is 0 Å². The van der Waals surface area contributed by atoms with Gasteiger partial charge in [-0.15, -0.1) is 0 Å². The number of aromatic nitrogens is 1. The Hall–Kier alpha value is -2.69. The van der Waals surface area contributed by atoms with E-state index in [0.29, 0.717) is 11.3 Å². The third-order valence-electron chi connectivity index (χ3n) is 3.19. The number of carbonyl (C=O) groups is 2. The van der Waals surface area contributed by atoms with Crippen LogP contribution in [0.1, 0.15) is 29.9 Å². The monoisotopic (exact) mass is 313 g/mol. The largest absolute Gasteiger partial charge is 0.466 e. The van der Waals surface area contributed by atoms with Crippen molar-refractivity contribution in [2.75, 3.05) is 13.2 Å². The van der Waals surface area contributed by atoms with Crippen molar-refractivity contribution in [1.29, 1.82) is 0 Å². The van der Waals surface area contributed by atoms with Gasteiger partial charge in [-0.2, -0.15) is 0 Å². The van der Waals surface area contributed by atoms with Crippen molar-refractivity contribution >= 4 is 11.9 Å². The quantitative estimate of drug-likeness (QED) is 0.767. The maximum absolute atomic E-state index is 12.2. The summed E-state index contributed by atoms with van der Waals surface area (Å²) in [5.74, 6) is -0.907. The van der Waals surface area contributed by atoms with Crippen LogP contribution in [0.15, 0.2) is 42.6 Å². The second-order valence-corrected chi connectivity index (χ2v) is 4.79. The highest BCUT2D eigenvalue weighted by atomic mass is 16.5. The number of benzene rings is 1. The average Bonchev–Trinajstić information content (AvgIpc) is 2.56. The van der Waals surface area contributed by atoms with E-state index in [2.05, 4.69) is 4.98 Å². The number of ether oxygens (including phenoxy) is 2. The van der Waals surface area contributed by atoms with Crippen molar-refractivity contribution in [2.24, 2.45) is 0 Å². The summed E-state index contributed by atoms with van der Waals surface area (Å²) in [4.78, 5) is 28.1. The number of nitrogens with zero attached hydrogens (tertiary/aromatic N) is 1. The highest BCUT2D eigenvalue weighted by Crippen LogP contribution is 2.22. The fourth-order valence-corrected chi connectivity index (χ4v) is 2.16. The zero-order chi connectivity index (χ0) is 16.7. The molecule has 0 spiro atoms. The third-order valence-corrected chi connectivity index (χ3v) is 3.19. The van der Waals surface area contributed by atoms with E-state index in [4.69, 9.17) is 9.47 Å². The summed E-state index contributed by atoms with van der Waals surface area (Å²) in [5, 5.41) is 0. The minimum atomic E-state index is -0.489. The Bertz CT molecular complexity index is 683. The van der Waals surface area contributed by atoms with Crippen molar-refractivity contribution in [3.05, 3.63) is 53.9 Å². The van der Waals surface area contributed by atoms with E-state index < -0.39 is 11.9 Å². The van der Waals surface area contributed by atoms with E-state index in [1.165, 1.54) is 0 Å². The molecule has 5 heteroatoms. The summed E-state index contributed by atoms with van der Waals surface area (Å²) in [6.07, 6.45) is 1.59. The highest BCUT2D eigenvalue weighted by Gasteiger charge is 2.18. The number of hydrogen-bond donors (Lipinski definition) is 0. The van der Waals surface area contributed by atoms with Gasteiger partial charge in [-0.25, -0.2) is 4.79 Å². The lowest BCUT2D eigenvalue weighted by molar-refractivity contribution is -0.142. The first-order valence-electron chi connectivity index (χ1n) is 7.52. The van der Waals surface area contributed by atoms with Crippen LogP contribution in [0.5, 0.6) is 0 Å². The molecule has 23 heavy (non-hydrogen) atoms. The van der Waals surface area contributed by atoms with Crippen LogP contribution in [0.3, 0.4) is 0 Å². The Labute approximate surface area is 135 Å². The van der Waals surface area contributed by atoms with Crippen LogP contribution >= 0.6 is 0 Å². The molecule has 5 nitrogen and oxygen atoms in total. The Balaban J connectivity index is 2.38. The molecule has 0 aliphatic carbocycles. The van der Waals surface area contributed by atoms with Gasteiger partial charge < -0.3 is 9.47 Å². The minimum absolute atomic E-state index is 0.0585. The maximum atomic E-state index is 12.2. The molecular formula is C18H19NO4. The van der Waals surface area contributed by atoms with Crippen LogP contribution in [0.2, 0.25) is 0 Å². The maximum Gasteiger partial charge on any atom is 0.340 e. The van der Waals surface area contributed by atoms with Gasteiger partial charge in [-0.05, 0) is 25.5 Å². The zero-order valence-corrected chi connectivity index (χ0v) is 13.2. The fraction of sp³-hybridized carbons (Fsp3) is 0.278. The van der Waals surface area contributed by atoms with Gasteiger partial charge in [0.2, 0.25) is 0 Å². The summed E-state index contributed by atoms with van der Waals surface area (Å²) in [7, 11) is 0. The molecule has 0 aliphatic heterocycles. The number of esters is 2. The molecule has 0 radical (unpaired) electrons. The molecule has 0 unspecified atom stereocenters. The summed E-state index contributed by atoms with van der Waals surface area (Å²) in [5.41, 5.74) is 2.39. The van der Waals surface area contributed by atoms with Gasteiger partial charge in [-0.1, -0.05) is 30.3 Å².